The molecule has 4 N–H and O–H groups in total. The highest BCUT2D eigenvalue weighted by molar-refractivity contribution is 7.80. The number of amides is 1. The van der Waals surface area contributed by atoms with Gasteiger partial charge in [0.05, 0.1) is 12.2 Å². The van der Waals surface area contributed by atoms with Gasteiger partial charge in [-0.15, -0.1) is 0 Å². The molecule has 1 aromatic carbocycles. The molecule has 0 radical (unpaired) electrons. The Kier molecular flexibility index (Phi) is 5.62. The average Bonchev–Trinajstić information content (AvgIpc) is 2.37. The van der Waals surface area contributed by atoms with Crippen molar-refractivity contribution in [2.24, 2.45) is 5.73 Å². The number of halogens is 2. The van der Waals surface area contributed by atoms with Crippen LogP contribution in [0.3, 0.4) is 0 Å². The number of hydrogen-bond acceptors (Lipinski definition) is 3. The molecule has 0 unspecified atom stereocenters. The molecule has 0 fully saturated rings. The molecule has 1 amide bonds. The molecule has 7 heteroatoms. The second kappa shape index (κ2) is 6.98. The monoisotopic (exact) mass is 287 g/mol. The Hall–Kier alpha value is -1.76. The number of hydrogen-bond donors (Lipinski definition) is 3. The molecule has 0 bridgehead atoms. The highest BCUT2D eigenvalue weighted by Crippen LogP contribution is 2.20. The molecule has 4 nitrogen and oxygen atoms in total. The summed E-state index contributed by atoms with van der Waals surface area (Å²) in [7, 11) is 0. The predicted octanol–water partition coefficient (Wildman–Crippen LogP) is 1.54. The van der Waals surface area contributed by atoms with Crippen LogP contribution >= 0.6 is 12.2 Å². The van der Waals surface area contributed by atoms with Gasteiger partial charge in [-0.1, -0.05) is 19.1 Å². The second-order valence-corrected chi connectivity index (χ2v) is 4.30. The van der Waals surface area contributed by atoms with E-state index in [0.717, 1.165) is 6.42 Å². The molecule has 104 valence electrons. The molecule has 19 heavy (non-hydrogen) atoms. The highest BCUT2D eigenvalue weighted by Gasteiger charge is 2.15. The standard InChI is InChI=1S/C12H15F2N3OS/c1-2-5-16-9(18)6-17-8-4-3-7(12(15)19)10(13)11(8)14/h3-4,17H,2,5-6H2,1H3,(H2,15,19)(H,16,18). The van der Waals surface area contributed by atoms with E-state index in [2.05, 4.69) is 22.9 Å². The third-order valence-electron chi connectivity index (χ3n) is 2.36. The van der Waals surface area contributed by atoms with Crippen LogP contribution in [-0.4, -0.2) is 24.0 Å². The lowest BCUT2D eigenvalue weighted by Gasteiger charge is -2.10. The summed E-state index contributed by atoms with van der Waals surface area (Å²) in [6, 6.07) is 2.56. The van der Waals surface area contributed by atoms with Crippen LogP contribution in [-0.2, 0) is 4.79 Å². The average molecular weight is 287 g/mol. The Balaban J connectivity index is 2.73. The molecule has 0 aliphatic carbocycles. The summed E-state index contributed by atoms with van der Waals surface area (Å²) in [6.07, 6.45) is 0.803. The van der Waals surface area contributed by atoms with E-state index in [4.69, 9.17) is 5.73 Å². The van der Waals surface area contributed by atoms with Crippen LogP contribution in [0.15, 0.2) is 12.1 Å². The largest absolute Gasteiger partial charge is 0.389 e. The zero-order valence-electron chi connectivity index (χ0n) is 10.4. The van der Waals surface area contributed by atoms with Crippen molar-refractivity contribution in [2.75, 3.05) is 18.4 Å². The zero-order chi connectivity index (χ0) is 14.4. The first-order chi connectivity index (χ1) is 8.97. The van der Waals surface area contributed by atoms with Gasteiger partial charge in [-0.3, -0.25) is 4.79 Å². The van der Waals surface area contributed by atoms with Gasteiger partial charge in [0.25, 0.3) is 0 Å². The number of carbonyl (C=O) groups is 1. The number of carbonyl (C=O) groups excluding carboxylic acids is 1. The van der Waals surface area contributed by atoms with Crippen molar-refractivity contribution in [1.82, 2.24) is 5.32 Å². The Labute approximate surface area is 115 Å². The van der Waals surface area contributed by atoms with E-state index in [-0.39, 0.29) is 28.7 Å². The first-order valence-electron chi connectivity index (χ1n) is 5.75. The first kappa shape index (κ1) is 15.3. The lowest BCUT2D eigenvalue weighted by molar-refractivity contribution is -0.119. The summed E-state index contributed by atoms with van der Waals surface area (Å²) < 4.78 is 27.2. The molecule has 0 heterocycles. The van der Waals surface area contributed by atoms with Crippen molar-refractivity contribution < 1.29 is 13.6 Å². The summed E-state index contributed by atoms with van der Waals surface area (Å²) >= 11 is 4.59. The van der Waals surface area contributed by atoms with Crippen LogP contribution in [0.2, 0.25) is 0 Å². The van der Waals surface area contributed by atoms with E-state index < -0.39 is 11.6 Å². The van der Waals surface area contributed by atoms with Crippen molar-refractivity contribution in [3.05, 3.63) is 29.3 Å². The minimum atomic E-state index is -1.12. The van der Waals surface area contributed by atoms with Crippen LogP contribution in [0.4, 0.5) is 14.5 Å². The van der Waals surface area contributed by atoms with Crippen LogP contribution in [0.1, 0.15) is 18.9 Å². The summed E-state index contributed by atoms with van der Waals surface area (Å²) in [5.74, 6) is -2.51. The van der Waals surface area contributed by atoms with Gasteiger partial charge < -0.3 is 16.4 Å². The maximum absolute atomic E-state index is 13.6. The van der Waals surface area contributed by atoms with E-state index in [1.807, 2.05) is 6.92 Å². The number of nitrogens with one attached hydrogen (secondary N) is 2. The summed E-state index contributed by atoms with van der Waals surface area (Å²) in [6.45, 7) is 2.32. The van der Waals surface area contributed by atoms with Crippen molar-refractivity contribution in [3.8, 4) is 0 Å². The molecular formula is C12H15F2N3OS. The van der Waals surface area contributed by atoms with E-state index in [1.165, 1.54) is 12.1 Å². The van der Waals surface area contributed by atoms with Gasteiger partial charge in [-0.05, 0) is 18.6 Å². The quantitative estimate of drug-likeness (QED) is 0.694. The van der Waals surface area contributed by atoms with Gasteiger partial charge in [0.1, 0.15) is 4.99 Å². The summed E-state index contributed by atoms with van der Waals surface area (Å²) in [5, 5.41) is 5.13. The summed E-state index contributed by atoms with van der Waals surface area (Å²) in [5.41, 5.74) is 4.98. The zero-order valence-corrected chi connectivity index (χ0v) is 11.2. The molecule has 0 aliphatic heterocycles. The predicted molar refractivity (Wildman–Crippen MR) is 74.0 cm³/mol. The number of thiocarbonyl (C=S) groups is 1. The second-order valence-electron chi connectivity index (χ2n) is 3.86. The molecular weight excluding hydrogens is 272 g/mol. The molecule has 0 saturated carbocycles. The lowest BCUT2D eigenvalue weighted by Crippen LogP contribution is -2.30. The van der Waals surface area contributed by atoms with Gasteiger partial charge in [0.15, 0.2) is 11.6 Å². The van der Waals surface area contributed by atoms with Crippen LogP contribution < -0.4 is 16.4 Å². The number of rotatable bonds is 6. The smallest absolute Gasteiger partial charge is 0.239 e. The third-order valence-corrected chi connectivity index (χ3v) is 2.58. The van der Waals surface area contributed by atoms with Crippen molar-refractivity contribution in [3.63, 3.8) is 0 Å². The Morgan fingerprint density at radius 1 is 1.37 bits per heavy atom. The number of anilines is 1. The normalized spacial score (nSPS) is 10.1. The molecule has 1 rings (SSSR count). The summed E-state index contributed by atoms with van der Waals surface area (Å²) in [4.78, 5) is 11.1. The Morgan fingerprint density at radius 2 is 2.05 bits per heavy atom. The molecule has 1 aromatic rings. The van der Waals surface area contributed by atoms with E-state index >= 15 is 0 Å². The molecule has 0 spiro atoms. The Morgan fingerprint density at radius 3 is 2.63 bits per heavy atom. The van der Waals surface area contributed by atoms with E-state index in [1.54, 1.807) is 0 Å². The maximum Gasteiger partial charge on any atom is 0.239 e. The maximum atomic E-state index is 13.6. The van der Waals surface area contributed by atoms with Crippen molar-refractivity contribution in [1.29, 1.82) is 0 Å². The van der Waals surface area contributed by atoms with Gasteiger partial charge in [0.2, 0.25) is 5.91 Å². The fourth-order valence-corrected chi connectivity index (χ4v) is 1.54. The van der Waals surface area contributed by atoms with Gasteiger partial charge >= 0.3 is 0 Å². The van der Waals surface area contributed by atoms with Crippen LogP contribution in [0.25, 0.3) is 0 Å². The third kappa shape index (κ3) is 4.13. The van der Waals surface area contributed by atoms with Crippen molar-refractivity contribution >= 4 is 28.8 Å². The lowest BCUT2D eigenvalue weighted by atomic mass is 10.2. The SMILES string of the molecule is CCCNC(=O)CNc1ccc(C(N)=S)c(F)c1F. The Bertz CT molecular complexity index is 494. The van der Waals surface area contributed by atoms with Crippen LogP contribution in [0, 0.1) is 11.6 Å². The molecule has 0 saturated heterocycles. The topological polar surface area (TPSA) is 67.2 Å². The molecule has 0 atom stereocenters. The highest BCUT2D eigenvalue weighted by atomic mass is 32.1. The van der Waals surface area contributed by atoms with Crippen molar-refractivity contribution in [2.45, 2.75) is 13.3 Å². The van der Waals surface area contributed by atoms with Gasteiger partial charge in [0, 0.05) is 12.1 Å². The first-order valence-corrected chi connectivity index (χ1v) is 6.16. The minimum Gasteiger partial charge on any atom is -0.389 e. The fraction of sp³-hybridized carbons (Fsp3) is 0.333. The number of nitrogens with two attached hydrogens (primary N) is 1. The minimum absolute atomic E-state index is 0.107. The van der Waals surface area contributed by atoms with E-state index in [0.29, 0.717) is 6.54 Å². The fourth-order valence-electron chi connectivity index (χ4n) is 1.38. The number of benzene rings is 1. The van der Waals surface area contributed by atoms with Crippen LogP contribution in [0.5, 0.6) is 0 Å². The van der Waals surface area contributed by atoms with Gasteiger partial charge in [-0.2, -0.15) is 0 Å². The van der Waals surface area contributed by atoms with E-state index in [9.17, 15) is 13.6 Å². The van der Waals surface area contributed by atoms with Gasteiger partial charge in [-0.25, -0.2) is 8.78 Å². The molecule has 0 aliphatic rings. The molecule has 0 aromatic heterocycles.